The molecule has 36 heavy (non-hydrogen) atoms. The van der Waals surface area contributed by atoms with Crippen LogP contribution in [0.15, 0.2) is 29.8 Å². The van der Waals surface area contributed by atoms with Gasteiger partial charge in [0.25, 0.3) is 0 Å². The van der Waals surface area contributed by atoms with Gasteiger partial charge < -0.3 is 20.6 Å². The van der Waals surface area contributed by atoms with Gasteiger partial charge in [0.15, 0.2) is 0 Å². The summed E-state index contributed by atoms with van der Waals surface area (Å²) in [4.78, 5) is 40.4. The summed E-state index contributed by atoms with van der Waals surface area (Å²) >= 11 is 0. The lowest BCUT2D eigenvalue weighted by atomic mass is 9.76. The first-order valence-corrected chi connectivity index (χ1v) is 12.6. The topological polar surface area (TPSA) is 98.7 Å². The van der Waals surface area contributed by atoms with Crippen molar-refractivity contribution in [3.63, 3.8) is 0 Å². The molecular formula is C29H47N3O4. The maximum Gasteiger partial charge on any atom is 0.331 e. The van der Waals surface area contributed by atoms with Crippen LogP contribution in [0.25, 0.3) is 0 Å². The molecule has 2 amide bonds. The second kappa shape index (κ2) is 12.0. The molecule has 7 heteroatoms. The Morgan fingerprint density at radius 3 is 1.97 bits per heavy atom. The molecule has 0 spiro atoms. The summed E-state index contributed by atoms with van der Waals surface area (Å²) in [5.74, 6) is -1.56. The lowest BCUT2D eigenvalue weighted by molar-refractivity contribution is -0.141. The number of carboxylic acid groups (broad SMARTS) is 1. The van der Waals surface area contributed by atoms with Crippen molar-refractivity contribution in [2.75, 3.05) is 14.1 Å². The maximum atomic E-state index is 13.7. The minimum Gasteiger partial charge on any atom is -0.478 e. The van der Waals surface area contributed by atoms with Crippen molar-refractivity contribution in [3.8, 4) is 0 Å². The number of likely N-dealkylation sites (N-methyl/N-ethyl adjacent to an activating group) is 2. The molecule has 0 aliphatic carbocycles. The smallest absolute Gasteiger partial charge is 0.331 e. The number of hydrogen-bond acceptors (Lipinski definition) is 4. The fraction of sp³-hybridized carbons (Fsp3) is 0.621. The standard InChI is InChI=1S/C29H47N3O4/c1-17(2)22(16-20(5)27(35)36)32(12)26(34)24(28(6,7)8)31-25(33)23(30-11)29(9,10)21-14-13-18(3)19(4)15-21/h13-17,22-24,30H,1-12H3,(H,31,33)(H,35,36)/b20-16+/t22-,23+,24-/m1/s1. The first-order chi connectivity index (χ1) is 16.4. The quantitative estimate of drug-likeness (QED) is 0.417. The molecule has 0 heterocycles. The SMILES string of the molecule is CN[C@@H](C(=O)N[C@H](C(=O)N(C)[C@H](/C=C(\C)C(=O)O)C(C)C)C(C)(C)C)C(C)(C)c1ccc(C)c(C)c1. The van der Waals surface area contributed by atoms with Crippen LogP contribution in [-0.4, -0.2) is 60.0 Å². The maximum absolute atomic E-state index is 13.7. The van der Waals surface area contributed by atoms with Crippen LogP contribution in [0.2, 0.25) is 0 Å². The van der Waals surface area contributed by atoms with Gasteiger partial charge in [0, 0.05) is 18.0 Å². The number of carboxylic acids is 1. The highest BCUT2D eigenvalue weighted by molar-refractivity contribution is 5.91. The van der Waals surface area contributed by atoms with Crippen molar-refractivity contribution in [1.29, 1.82) is 0 Å². The van der Waals surface area contributed by atoms with E-state index in [1.54, 1.807) is 25.1 Å². The van der Waals surface area contributed by atoms with E-state index in [2.05, 4.69) is 36.6 Å². The van der Waals surface area contributed by atoms with E-state index in [1.807, 2.05) is 54.5 Å². The molecule has 0 aliphatic heterocycles. The third kappa shape index (κ3) is 7.42. The van der Waals surface area contributed by atoms with Crippen molar-refractivity contribution in [1.82, 2.24) is 15.5 Å². The number of amides is 2. The molecule has 0 saturated carbocycles. The number of aryl methyl sites for hydroxylation is 2. The van der Waals surface area contributed by atoms with E-state index in [4.69, 9.17) is 0 Å². The van der Waals surface area contributed by atoms with Crippen LogP contribution in [0, 0.1) is 25.2 Å². The zero-order valence-corrected chi connectivity index (χ0v) is 24.2. The zero-order chi connectivity index (χ0) is 28.2. The Hall–Kier alpha value is -2.67. The molecule has 3 atom stereocenters. The summed E-state index contributed by atoms with van der Waals surface area (Å²) in [6.07, 6.45) is 1.60. The number of hydrogen-bond donors (Lipinski definition) is 3. The van der Waals surface area contributed by atoms with Gasteiger partial charge in [0.1, 0.15) is 6.04 Å². The Balaban J connectivity index is 3.34. The monoisotopic (exact) mass is 501 g/mol. The first kappa shape index (κ1) is 31.4. The van der Waals surface area contributed by atoms with Crippen molar-refractivity contribution >= 4 is 17.8 Å². The summed E-state index contributed by atoms with van der Waals surface area (Å²) in [6, 6.07) is 4.40. The minimum absolute atomic E-state index is 0.0154. The van der Waals surface area contributed by atoms with E-state index < -0.39 is 34.9 Å². The van der Waals surface area contributed by atoms with Crippen LogP contribution < -0.4 is 10.6 Å². The van der Waals surface area contributed by atoms with Crippen LogP contribution in [-0.2, 0) is 19.8 Å². The Kier molecular flexibility index (Phi) is 10.5. The molecule has 1 aromatic carbocycles. The highest BCUT2D eigenvalue weighted by Gasteiger charge is 2.41. The van der Waals surface area contributed by atoms with Crippen LogP contribution >= 0.6 is 0 Å². The Morgan fingerprint density at radius 2 is 1.56 bits per heavy atom. The van der Waals surface area contributed by atoms with Crippen molar-refractivity contribution in [2.24, 2.45) is 11.3 Å². The molecule has 7 nitrogen and oxygen atoms in total. The van der Waals surface area contributed by atoms with E-state index in [1.165, 1.54) is 12.5 Å². The number of rotatable bonds is 10. The summed E-state index contributed by atoms with van der Waals surface area (Å²) in [7, 11) is 3.42. The average molecular weight is 502 g/mol. The number of nitrogens with one attached hydrogen (secondary N) is 2. The summed E-state index contributed by atoms with van der Waals surface area (Å²) in [6.45, 7) is 19.3. The lowest BCUT2D eigenvalue weighted by Crippen LogP contribution is -2.61. The molecule has 0 fully saturated rings. The van der Waals surface area contributed by atoms with Crippen molar-refractivity contribution in [3.05, 3.63) is 46.5 Å². The van der Waals surface area contributed by atoms with Gasteiger partial charge in [0.2, 0.25) is 11.8 Å². The van der Waals surface area contributed by atoms with Gasteiger partial charge in [-0.25, -0.2) is 4.79 Å². The fourth-order valence-corrected chi connectivity index (χ4v) is 4.43. The number of benzene rings is 1. The second-order valence-corrected chi connectivity index (χ2v) is 11.9. The van der Waals surface area contributed by atoms with Gasteiger partial charge >= 0.3 is 5.97 Å². The molecule has 0 aromatic heterocycles. The zero-order valence-electron chi connectivity index (χ0n) is 24.2. The highest BCUT2D eigenvalue weighted by atomic mass is 16.4. The van der Waals surface area contributed by atoms with Crippen LogP contribution in [0.5, 0.6) is 0 Å². The average Bonchev–Trinajstić information content (AvgIpc) is 2.75. The Morgan fingerprint density at radius 1 is 1.00 bits per heavy atom. The van der Waals surface area contributed by atoms with E-state index in [9.17, 15) is 19.5 Å². The third-order valence-electron chi connectivity index (χ3n) is 7.16. The molecule has 0 aliphatic rings. The molecule has 3 N–H and O–H groups in total. The lowest BCUT2D eigenvalue weighted by Gasteiger charge is -2.40. The van der Waals surface area contributed by atoms with Gasteiger partial charge in [-0.2, -0.15) is 0 Å². The van der Waals surface area contributed by atoms with Crippen molar-refractivity contribution < 1.29 is 19.5 Å². The Bertz CT molecular complexity index is 989. The second-order valence-electron chi connectivity index (χ2n) is 11.9. The number of aliphatic carboxylic acids is 1. The van der Waals surface area contributed by atoms with E-state index >= 15 is 0 Å². The molecule has 0 radical (unpaired) electrons. The first-order valence-electron chi connectivity index (χ1n) is 12.6. The molecule has 0 bridgehead atoms. The molecule has 1 aromatic rings. The van der Waals surface area contributed by atoms with Crippen LogP contribution in [0.1, 0.15) is 72.1 Å². The molecule has 1 rings (SSSR count). The fourth-order valence-electron chi connectivity index (χ4n) is 4.43. The van der Waals surface area contributed by atoms with Crippen LogP contribution in [0.3, 0.4) is 0 Å². The third-order valence-corrected chi connectivity index (χ3v) is 7.16. The van der Waals surface area contributed by atoms with Gasteiger partial charge in [0.05, 0.1) is 12.1 Å². The van der Waals surface area contributed by atoms with Gasteiger partial charge in [-0.1, -0.05) is 72.7 Å². The Labute approximate surface area is 217 Å². The predicted octanol–water partition coefficient (Wildman–Crippen LogP) is 4.21. The van der Waals surface area contributed by atoms with E-state index in [-0.39, 0.29) is 23.3 Å². The summed E-state index contributed by atoms with van der Waals surface area (Å²) in [5, 5.41) is 15.5. The van der Waals surface area contributed by atoms with Crippen molar-refractivity contribution in [2.45, 2.75) is 92.8 Å². The molecule has 202 valence electrons. The summed E-state index contributed by atoms with van der Waals surface area (Å²) < 4.78 is 0. The van der Waals surface area contributed by atoms with E-state index in [0.29, 0.717) is 0 Å². The molecular weight excluding hydrogens is 454 g/mol. The summed E-state index contributed by atoms with van der Waals surface area (Å²) in [5.41, 5.74) is 2.44. The minimum atomic E-state index is -1.02. The van der Waals surface area contributed by atoms with Crippen LogP contribution in [0.4, 0.5) is 0 Å². The number of carbonyl (C=O) groups excluding carboxylic acids is 2. The van der Waals surface area contributed by atoms with E-state index in [0.717, 1.165) is 11.1 Å². The molecule has 0 unspecified atom stereocenters. The predicted molar refractivity (Wildman–Crippen MR) is 146 cm³/mol. The number of nitrogens with zero attached hydrogens (tertiary/aromatic N) is 1. The molecule has 0 saturated heterocycles. The van der Waals surface area contributed by atoms with Gasteiger partial charge in [-0.05, 0) is 55.8 Å². The highest BCUT2D eigenvalue weighted by Crippen LogP contribution is 2.30. The number of carbonyl (C=O) groups is 3. The van der Waals surface area contributed by atoms with Gasteiger partial charge in [-0.15, -0.1) is 0 Å². The van der Waals surface area contributed by atoms with Gasteiger partial charge in [-0.3, -0.25) is 9.59 Å². The largest absolute Gasteiger partial charge is 0.478 e. The normalized spacial score (nSPS) is 15.3.